The van der Waals surface area contributed by atoms with Crippen LogP contribution in [0.1, 0.15) is 27.9 Å². The molecule has 1 heterocycles. The molecule has 1 aromatic carbocycles. The van der Waals surface area contributed by atoms with Crippen molar-refractivity contribution in [3.63, 3.8) is 0 Å². The third-order valence-electron chi connectivity index (χ3n) is 2.80. The van der Waals surface area contributed by atoms with E-state index in [4.69, 9.17) is 10.5 Å². The molecule has 0 atom stereocenters. The van der Waals surface area contributed by atoms with Crippen molar-refractivity contribution in [1.82, 2.24) is 4.98 Å². The van der Waals surface area contributed by atoms with E-state index in [2.05, 4.69) is 4.98 Å². The number of carbonyl (C=O) groups excluding carboxylic acids is 1. The van der Waals surface area contributed by atoms with Gasteiger partial charge in [-0.05, 0) is 32.0 Å². The molecule has 0 saturated carbocycles. The monoisotopic (exact) mass is 292 g/mol. The number of ether oxygens (including phenoxy) is 1. The Hall–Kier alpha value is -1.92. The van der Waals surface area contributed by atoms with E-state index in [1.165, 1.54) is 11.3 Å². The highest BCUT2D eigenvalue weighted by Crippen LogP contribution is 2.31. The quantitative estimate of drug-likeness (QED) is 0.845. The first-order valence-corrected chi connectivity index (χ1v) is 7.05. The van der Waals surface area contributed by atoms with Crippen molar-refractivity contribution in [3.8, 4) is 16.3 Å². The van der Waals surface area contributed by atoms with Gasteiger partial charge in [0.05, 0.1) is 12.3 Å². The van der Waals surface area contributed by atoms with Gasteiger partial charge in [-0.1, -0.05) is 0 Å². The second kappa shape index (κ2) is 6.02. The summed E-state index contributed by atoms with van der Waals surface area (Å²) in [7, 11) is 0. The number of hydrogen-bond acceptors (Lipinski definition) is 6. The fourth-order valence-corrected chi connectivity index (χ4v) is 2.74. The Balaban J connectivity index is 2.39. The van der Waals surface area contributed by atoms with Crippen LogP contribution in [0.25, 0.3) is 10.6 Å². The number of hydrogen-bond donors (Lipinski definition) is 2. The summed E-state index contributed by atoms with van der Waals surface area (Å²) in [6, 6.07) is 5.11. The third kappa shape index (κ3) is 2.81. The Morgan fingerprint density at radius 1 is 1.50 bits per heavy atom. The van der Waals surface area contributed by atoms with Crippen LogP contribution >= 0.6 is 11.3 Å². The average molecular weight is 292 g/mol. The number of aromatic nitrogens is 1. The molecule has 0 aliphatic heterocycles. The zero-order chi connectivity index (χ0) is 14.7. The van der Waals surface area contributed by atoms with Gasteiger partial charge in [-0.25, -0.2) is 9.78 Å². The van der Waals surface area contributed by atoms with Crippen LogP contribution in [0.2, 0.25) is 0 Å². The van der Waals surface area contributed by atoms with Crippen molar-refractivity contribution in [2.45, 2.75) is 20.4 Å². The molecule has 0 fully saturated rings. The number of phenolic OH excluding ortho intramolecular Hbond substituents is 1. The lowest BCUT2D eigenvalue weighted by molar-refractivity contribution is 0.0531. The van der Waals surface area contributed by atoms with Gasteiger partial charge >= 0.3 is 5.97 Å². The summed E-state index contributed by atoms with van der Waals surface area (Å²) in [6.45, 7) is 4.12. The number of rotatable bonds is 4. The lowest BCUT2D eigenvalue weighted by Crippen LogP contribution is -2.03. The number of carbonyl (C=O) groups is 1. The van der Waals surface area contributed by atoms with Gasteiger partial charge in [-0.2, -0.15) is 0 Å². The predicted molar refractivity (Wildman–Crippen MR) is 77.8 cm³/mol. The molecule has 0 amide bonds. The topological polar surface area (TPSA) is 85.4 Å². The Morgan fingerprint density at radius 3 is 2.90 bits per heavy atom. The van der Waals surface area contributed by atoms with Crippen LogP contribution < -0.4 is 5.73 Å². The molecule has 0 aliphatic rings. The Kier molecular flexibility index (Phi) is 4.36. The number of aryl methyl sites for hydroxylation is 1. The molecule has 2 rings (SSSR count). The van der Waals surface area contributed by atoms with Crippen LogP contribution in [-0.2, 0) is 11.3 Å². The van der Waals surface area contributed by atoms with Crippen molar-refractivity contribution in [3.05, 3.63) is 34.3 Å². The van der Waals surface area contributed by atoms with Crippen molar-refractivity contribution in [2.75, 3.05) is 6.61 Å². The van der Waals surface area contributed by atoms with E-state index in [0.29, 0.717) is 27.7 Å². The lowest BCUT2D eigenvalue weighted by Gasteiger charge is -2.03. The van der Waals surface area contributed by atoms with E-state index in [0.717, 1.165) is 5.56 Å². The molecule has 0 unspecified atom stereocenters. The minimum Gasteiger partial charge on any atom is -0.508 e. The Bertz CT molecular complexity index is 637. The number of nitrogens with two attached hydrogens (primary N) is 1. The highest BCUT2D eigenvalue weighted by atomic mass is 32.1. The van der Waals surface area contributed by atoms with Crippen LogP contribution in [0.5, 0.6) is 5.75 Å². The minimum absolute atomic E-state index is 0.162. The molecule has 0 radical (unpaired) electrons. The Morgan fingerprint density at radius 2 is 2.25 bits per heavy atom. The van der Waals surface area contributed by atoms with Crippen molar-refractivity contribution in [1.29, 1.82) is 0 Å². The number of nitrogens with zero attached hydrogens (tertiary/aromatic N) is 1. The maximum Gasteiger partial charge on any atom is 0.350 e. The normalized spacial score (nSPS) is 10.6. The van der Waals surface area contributed by atoms with Crippen LogP contribution in [-0.4, -0.2) is 22.7 Å². The maximum absolute atomic E-state index is 11.8. The standard InChI is InChI=1S/C14H16N2O3S/c1-3-19-14(18)12-8(2)16-13(20-12)9-4-5-11(17)10(6-9)7-15/h4-6,17H,3,7,15H2,1-2H3. The van der Waals surface area contributed by atoms with E-state index >= 15 is 0 Å². The fourth-order valence-electron chi connectivity index (χ4n) is 1.79. The van der Waals surface area contributed by atoms with E-state index in [9.17, 15) is 9.90 Å². The molecule has 2 aromatic rings. The van der Waals surface area contributed by atoms with Crippen molar-refractivity contribution < 1.29 is 14.6 Å². The summed E-state index contributed by atoms with van der Waals surface area (Å²) >= 11 is 1.28. The SMILES string of the molecule is CCOC(=O)c1sc(-c2ccc(O)c(CN)c2)nc1C. The van der Waals surface area contributed by atoms with Gasteiger partial charge in [0.1, 0.15) is 15.6 Å². The number of thiazole rings is 1. The van der Waals surface area contributed by atoms with E-state index in [1.54, 1.807) is 32.0 Å². The molecule has 20 heavy (non-hydrogen) atoms. The van der Waals surface area contributed by atoms with E-state index in [-0.39, 0.29) is 18.3 Å². The van der Waals surface area contributed by atoms with E-state index in [1.807, 2.05) is 0 Å². The number of esters is 1. The van der Waals surface area contributed by atoms with Crippen LogP contribution in [0.4, 0.5) is 0 Å². The highest BCUT2D eigenvalue weighted by molar-refractivity contribution is 7.17. The van der Waals surface area contributed by atoms with Gasteiger partial charge in [-0.15, -0.1) is 11.3 Å². The van der Waals surface area contributed by atoms with Crippen LogP contribution in [0.3, 0.4) is 0 Å². The number of aromatic hydroxyl groups is 1. The molecule has 106 valence electrons. The second-order valence-electron chi connectivity index (χ2n) is 4.20. The maximum atomic E-state index is 11.8. The van der Waals surface area contributed by atoms with Gasteiger partial charge in [0.25, 0.3) is 0 Å². The summed E-state index contributed by atoms with van der Waals surface area (Å²) in [6.07, 6.45) is 0. The fraction of sp³-hybridized carbons (Fsp3) is 0.286. The van der Waals surface area contributed by atoms with Gasteiger partial charge < -0.3 is 15.6 Å². The largest absolute Gasteiger partial charge is 0.508 e. The summed E-state index contributed by atoms with van der Waals surface area (Å²) < 4.78 is 4.99. The summed E-state index contributed by atoms with van der Waals surface area (Å²) in [4.78, 5) is 16.7. The molecule has 3 N–H and O–H groups in total. The summed E-state index contributed by atoms with van der Waals surface area (Å²) in [5, 5.41) is 10.3. The molecule has 6 heteroatoms. The first kappa shape index (κ1) is 14.5. The van der Waals surface area contributed by atoms with E-state index < -0.39 is 0 Å². The molecular weight excluding hydrogens is 276 g/mol. The molecule has 0 aliphatic carbocycles. The zero-order valence-corrected chi connectivity index (χ0v) is 12.2. The second-order valence-corrected chi connectivity index (χ2v) is 5.20. The van der Waals surface area contributed by atoms with Crippen LogP contribution in [0, 0.1) is 6.92 Å². The molecule has 0 saturated heterocycles. The van der Waals surface area contributed by atoms with Gasteiger partial charge in [0.15, 0.2) is 0 Å². The molecule has 0 spiro atoms. The minimum atomic E-state index is -0.355. The first-order chi connectivity index (χ1) is 9.56. The highest BCUT2D eigenvalue weighted by Gasteiger charge is 2.17. The first-order valence-electron chi connectivity index (χ1n) is 6.23. The van der Waals surface area contributed by atoms with Gasteiger partial charge in [0, 0.05) is 17.7 Å². The van der Waals surface area contributed by atoms with Crippen molar-refractivity contribution >= 4 is 17.3 Å². The van der Waals surface area contributed by atoms with Crippen molar-refractivity contribution in [2.24, 2.45) is 5.73 Å². The molecule has 0 bridgehead atoms. The molecule has 1 aromatic heterocycles. The zero-order valence-electron chi connectivity index (χ0n) is 11.3. The Labute approximate surface area is 121 Å². The smallest absolute Gasteiger partial charge is 0.350 e. The van der Waals surface area contributed by atoms with Crippen LogP contribution in [0.15, 0.2) is 18.2 Å². The predicted octanol–water partition coefficient (Wildman–Crippen LogP) is 2.46. The van der Waals surface area contributed by atoms with Gasteiger partial charge in [0.2, 0.25) is 0 Å². The molecule has 5 nitrogen and oxygen atoms in total. The third-order valence-corrected chi connectivity index (χ3v) is 3.99. The lowest BCUT2D eigenvalue weighted by atomic mass is 10.1. The number of phenols is 1. The molecular formula is C14H16N2O3S. The number of benzene rings is 1. The summed E-state index contributed by atoms with van der Waals surface area (Å²) in [5.74, 6) is -0.193. The average Bonchev–Trinajstić information content (AvgIpc) is 2.82. The van der Waals surface area contributed by atoms with Gasteiger partial charge in [-0.3, -0.25) is 0 Å². The summed E-state index contributed by atoms with van der Waals surface area (Å²) in [5.41, 5.74) is 7.69.